The fraction of sp³-hybridized carbons (Fsp3) is 0.190. The van der Waals surface area contributed by atoms with E-state index in [1.54, 1.807) is 47.8 Å². The number of hydrogen-bond donors (Lipinski definition) is 1. The second-order valence-corrected chi connectivity index (χ2v) is 6.98. The molecule has 0 saturated carbocycles. The minimum atomic E-state index is -0.249. The number of aromatic nitrogens is 5. The van der Waals surface area contributed by atoms with Crippen LogP contribution in [0, 0.1) is 0 Å². The van der Waals surface area contributed by atoms with Gasteiger partial charge in [0.2, 0.25) is 5.91 Å². The lowest BCUT2D eigenvalue weighted by Crippen LogP contribution is -2.18. The van der Waals surface area contributed by atoms with Gasteiger partial charge in [0.1, 0.15) is 12.4 Å². The summed E-state index contributed by atoms with van der Waals surface area (Å²) >= 11 is 0. The van der Waals surface area contributed by atoms with Gasteiger partial charge in [0.15, 0.2) is 5.78 Å². The third-order valence-electron chi connectivity index (χ3n) is 4.61. The molecule has 0 aliphatic rings. The SMILES string of the molecule is CC(C)n1cc(C(=O)c2ccnc(NC(=O)Cn3ccnc3)c2)c2cnccc21. The summed E-state index contributed by atoms with van der Waals surface area (Å²) < 4.78 is 3.71. The summed E-state index contributed by atoms with van der Waals surface area (Å²) in [5.41, 5.74) is 1.98. The molecule has 146 valence electrons. The Morgan fingerprint density at radius 2 is 2.00 bits per heavy atom. The van der Waals surface area contributed by atoms with Crippen molar-refractivity contribution >= 4 is 28.4 Å². The molecule has 0 atom stereocenters. The topological polar surface area (TPSA) is 94.7 Å². The van der Waals surface area contributed by atoms with Crippen LogP contribution in [0.2, 0.25) is 0 Å². The van der Waals surface area contributed by atoms with E-state index in [2.05, 4.69) is 38.7 Å². The van der Waals surface area contributed by atoms with Crippen LogP contribution in [0.25, 0.3) is 10.9 Å². The summed E-state index contributed by atoms with van der Waals surface area (Å²) in [6.45, 7) is 4.25. The van der Waals surface area contributed by atoms with Gasteiger partial charge in [0, 0.05) is 59.7 Å². The average molecular weight is 388 g/mol. The van der Waals surface area contributed by atoms with Gasteiger partial charge < -0.3 is 14.5 Å². The van der Waals surface area contributed by atoms with E-state index < -0.39 is 0 Å². The summed E-state index contributed by atoms with van der Waals surface area (Å²) in [5.74, 6) is -0.0673. The fourth-order valence-corrected chi connectivity index (χ4v) is 3.23. The van der Waals surface area contributed by atoms with E-state index in [-0.39, 0.29) is 24.3 Å². The summed E-state index contributed by atoms with van der Waals surface area (Å²) in [7, 11) is 0. The highest BCUT2D eigenvalue weighted by molar-refractivity contribution is 6.16. The number of ketones is 1. The van der Waals surface area contributed by atoms with Crippen LogP contribution in [-0.2, 0) is 11.3 Å². The first-order chi connectivity index (χ1) is 14.0. The van der Waals surface area contributed by atoms with Gasteiger partial charge in [-0.3, -0.25) is 14.6 Å². The lowest BCUT2D eigenvalue weighted by Gasteiger charge is -2.08. The molecule has 8 nitrogen and oxygen atoms in total. The number of fused-ring (bicyclic) bond motifs is 1. The van der Waals surface area contributed by atoms with Gasteiger partial charge in [-0.15, -0.1) is 0 Å². The molecule has 29 heavy (non-hydrogen) atoms. The van der Waals surface area contributed by atoms with Crippen molar-refractivity contribution in [1.82, 2.24) is 24.1 Å². The van der Waals surface area contributed by atoms with Gasteiger partial charge in [-0.2, -0.15) is 0 Å². The highest BCUT2D eigenvalue weighted by atomic mass is 16.2. The van der Waals surface area contributed by atoms with Gasteiger partial charge in [0.05, 0.1) is 11.8 Å². The zero-order valence-corrected chi connectivity index (χ0v) is 16.1. The van der Waals surface area contributed by atoms with Crippen molar-refractivity contribution in [3.05, 3.63) is 72.8 Å². The smallest absolute Gasteiger partial charge is 0.245 e. The van der Waals surface area contributed by atoms with E-state index in [4.69, 9.17) is 0 Å². The number of rotatable bonds is 6. The first kappa shape index (κ1) is 18.5. The number of amides is 1. The molecule has 0 radical (unpaired) electrons. The van der Waals surface area contributed by atoms with Crippen LogP contribution in [0.1, 0.15) is 35.8 Å². The summed E-state index contributed by atoms with van der Waals surface area (Å²) in [6.07, 6.45) is 11.7. The highest BCUT2D eigenvalue weighted by Gasteiger charge is 2.18. The number of anilines is 1. The Morgan fingerprint density at radius 3 is 2.76 bits per heavy atom. The van der Waals surface area contributed by atoms with Crippen molar-refractivity contribution < 1.29 is 9.59 Å². The van der Waals surface area contributed by atoms with Crippen LogP contribution in [-0.4, -0.2) is 35.8 Å². The molecule has 4 aromatic rings. The molecule has 4 aromatic heterocycles. The highest BCUT2D eigenvalue weighted by Crippen LogP contribution is 2.26. The molecule has 0 aliphatic carbocycles. The second kappa shape index (κ2) is 7.67. The second-order valence-electron chi connectivity index (χ2n) is 6.98. The standard InChI is InChI=1S/C21H20N6O2/c1-14(2)27-11-17(16-10-22-5-4-18(16)27)21(29)15-3-6-24-19(9-15)25-20(28)12-26-8-7-23-13-26/h3-11,13-14H,12H2,1-2H3,(H,24,25,28). The molecular formula is C21H20N6O2. The summed E-state index contributed by atoms with van der Waals surface area (Å²) in [6, 6.07) is 5.34. The number of carbonyl (C=O) groups excluding carboxylic acids is 2. The number of hydrogen-bond acceptors (Lipinski definition) is 5. The Labute approximate surface area is 167 Å². The quantitative estimate of drug-likeness (QED) is 0.512. The zero-order valence-electron chi connectivity index (χ0n) is 16.1. The first-order valence-electron chi connectivity index (χ1n) is 9.24. The molecule has 1 N–H and O–H groups in total. The molecule has 0 bridgehead atoms. The van der Waals surface area contributed by atoms with E-state index in [9.17, 15) is 9.59 Å². The molecular weight excluding hydrogens is 368 g/mol. The molecule has 0 aliphatic heterocycles. The minimum absolute atomic E-state index is 0.118. The van der Waals surface area contributed by atoms with E-state index in [1.165, 1.54) is 6.20 Å². The number of imidazole rings is 1. The largest absolute Gasteiger partial charge is 0.344 e. The molecule has 4 rings (SSSR count). The molecule has 0 fully saturated rings. The predicted molar refractivity (Wildman–Crippen MR) is 109 cm³/mol. The average Bonchev–Trinajstić information content (AvgIpc) is 3.35. The Bertz CT molecular complexity index is 1180. The molecule has 0 aromatic carbocycles. The molecule has 8 heteroatoms. The summed E-state index contributed by atoms with van der Waals surface area (Å²) in [4.78, 5) is 37.6. The Kier molecular flexibility index (Phi) is 4.90. The van der Waals surface area contributed by atoms with Gasteiger partial charge in [-0.25, -0.2) is 9.97 Å². The Balaban J connectivity index is 1.61. The monoisotopic (exact) mass is 388 g/mol. The van der Waals surface area contributed by atoms with Gasteiger partial charge >= 0.3 is 0 Å². The van der Waals surface area contributed by atoms with Crippen molar-refractivity contribution in [2.45, 2.75) is 26.4 Å². The maximum Gasteiger partial charge on any atom is 0.245 e. The van der Waals surface area contributed by atoms with Crippen molar-refractivity contribution in [2.75, 3.05) is 5.32 Å². The number of nitrogens with one attached hydrogen (secondary N) is 1. The first-order valence-corrected chi connectivity index (χ1v) is 9.24. The van der Waals surface area contributed by atoms with E-state index in [0.29, 0.717) is 16.9 Å². The van der Waals surface area contributed by atoms with Gasteiger partial charge in [0.25, 0.3) is 0 Å². The van der Waals surface area contributed by atoms with Crippen molar-refractivity contribution in [3.8, 4) is 0 Å². The lowest BCUT2D eigenvalue weighted by atomic mass is 10.0. The molecule has 4 heterocycles. The molecule has 0 saturated heterocycles. The fourth-order valence-electron chi connectivity index (χ4n) is 3.23. The van der Waals surface area contributed by atoms with Crippen LogP contribution in [0.4, 0.5) is 5.82 Å². The van der Waals surface area contributed by atoms with E-state index >= 15 is 0 Å². The number of nitrogens with zero attached hydrogens (tertiary/aromatic N) is 5. The molecule has 1 amide bonds. The maximum absolute atomic E-state index is 13.2. The van der Waals surface area contributed by atoms with Crippen molar-refractivity contribution in [3.63, 3.8) is 0 Å². The normalized spacial score (nSPS) is 11.1. The zero-order chi connectivity index (χ0) is 20.4. The van der Waals surface area contributed by atoms with Crippen LogP contribution >= 0.6 is 0 Å². The molecule has 0 unspecified atom stereocenters. The minimum Gasteiger partial charge on any atom is -0.344 e. The van der Waals surface area contributed by atoms with Crippen molar-refractivity contribution in [2.24, 2.45) is 0 Å². The Morgan fingerprint density at radius 1 is 1.14 bits per heavy atom. The van der Waals surface area contributed by atoms with Crippen LogP contribution < -0.4 is 5.32 Å². The van der Waals surface area contributed by atoms with E-state index in [0.717, 1.165) is 10.9 Å². The van der Waals surface area contributed by atoms with Crippen LogP contribution in [0.3, 0.4) is 0 Å². The number of carbonyl (C=O) groups is 2. The van der Waals surface area contributed by atoms with Crippen LogP contribution in [0.15, 0.2) is 61.7 Å². The third kappa shape index (κ3) is 3.77. The predicted octanol–water partition coefficient (Wildman–Crippen LogP) is 3.08. The number of pyridine rings is 2. The van der Waals surface area contributed by atoms with Gasteiger partial charge in [-0.05, 0) is 32.0 Å². The van der Waals surface area contributed by atoms with Crippen LogP contribution in [0.5, 0.6) is 0 Å². The molecule has 0 spiro atoms. The maximum atomic E-state index is 13.2. The van der Waals surface area contributed by atoms with Crippen molar-refractivity contribution in [1.29, 1.82) is 0 Å². The lowest BCUT2D eigenvalue weighted by molar-refractivity contribution is -0.116. The van der Waals surface area contributed by atoms with Gasteiger partial charge in [-0.1, -0.05) is 0 Å². The Hall–Kier alpha value is -3.81. The third-order valence-corrected chi connectivity index (χ3v) is 4.61. The van der Waals surface area contributed by atoms with E-state index in [1.807, 2.05) is 12.3 Å². The summed E-state index contributed by atoms with van der Waals surface area (Å²) in [5, 5.41) is 3.52.